The molecule has 1 N–H and O–H groups in total. The standard InChI is InChI=1S/C17H28N2O2/c1-5-20-16-10-14-9-13(2)21-17(14)11-15(16)12-19(4)8-6-7-18-3/h10-11,13,18H,5-9,12H2,1-4H3. The SMILES string of the molecule is CCOc1cc2c(cc1CN(C)CCCNC)OC(C)C2. The van der Waals surface area contributed by atoms with Crippen molar-refractivity contribution in [3.05, 3.63) is 23.3 Å². The molecule has 4 nitrogen and oxygen atoms in total. The van der Waals surface area contributed by atoms with E-state index in [1.165, 1.54) is 11.1 Å². The maximum absolute atomic E-state index is 5.88. The second-order valence-corrected chi connectivity index (χ2v) is 5.83. The fourth-order valence-corrected chi connectivity index (χ4v) is 2.79. The fraction of sp³-hybridized carbons (Fsp3) is 0.647. The van der Waals surface area contributed by atoms with Crippen LogP contribution in [0.4, 0.5) is 0 Å². The van der Waals surface area contributed by atoms with E-state index in [1.54, 1.807) is 0 Å². The number of hydrogen-bond donors (Lipinski definition) is 1. The molecule has 1 aliphatic rings. The lowest BCUT2D eigenvalue weighted by atomic mass is 10.1. The van der Waals surface area contributed by atoms with Gasteiger partial charge in [-0.2, -0.15) is 0 Å². The van der Waals surface area contributed by atoms with Crippen molar-refractivity contribution in [2.75, 3.05) is 33.8 Å². The maximum Gasteiger partial charge on any atom is 0.124 e. The van der Waals surface area contributed by atoms with Gasteiger partial charge in [0.05, 0.1) is 6.61 Å². The molecule has 2 rings (SSSR count). The molecule has 0 radical (unpaired) electrons. The van der Waals surface area contributed by atoms with Gasteiger partial charge in [0.15, 0.2) is 0 Å². The van der Waals surface area contributed by atoms with E-state index in [2.05, 4.69) is 36.3 Å². The van der Waals surface area contributed by atoms with Gasteiger partial charge in [-0.1, -0.05) is 0 Å². The number of nitrogens with zero attached hydrogens (tertiary/aromatic N) is 1. The molecule has 1 heterocycles. The summed E-state index contributed by atoms with van der Waals surface area (Å²) in [4.78, 5) is 2.33. The van der Waals surface area contributed by atoms with Crippen molar-refractivity contribution >= 4 is 0 Å². The van der Waals surface area contributed by atoms with Crippen LogP contribution in [-0.2, 0) is 13.0 Å². The normalized spacial score (nSPS) is 16.9. The van der Waals surface area contributed by atoms with Crippen LogP contribution in [0.2, 0.25) is 0 Å². The van der Waals surface area contributed by atoms with Crippen molar-refractivity contribution in [2.24, 2.45) is 0 Å². The molecule has 0 aliphatic carbocycles. The first-order valence-electron chi connectivity index (χ1n) is 7.92. The summed E-state index contributed by atoms with van der Waals surface area (Å²) in [6.45, 7) is 7.86. The molecule has 0 saturated heterocycles. The summed E-state index contributed by atoms with van der Waals surface area (Å²) in [5, 5.41) is 3.19. The minimum atomic E-state index is 0.276. The average Bonchev–Trinajstić information content (AvgIpc) is 2.79. The zero-order chi connectivity index (χ0) is 15.2. The summed E-state index contributed by atoms with van der Waals surface area (Å²) in [7, 11) is 4.15. The van der Waals surface area contributed by atoms with Crippen molar-refractivity contribution in [1.29, 1.82) is 0 Å². The van der Waals surface area contributed by atoms with Crippen molar-refractivity contribution in [3.63, 3.8) is 0 Å². The van der Waals surface area contributed by atoms with Gasteiger partial charge in [-0.25, -0.2) is 0 Å². The van der Waals surface area contributed by atoms with Crippen LogP contribution in [0.25, 0.3) is 0 Å². The fourth-order valence-electron chi connectivity index (χ4n) is 2.79. The Morgan fingerprint density at radius 1 is 1.43 bits per heavy atom. The largest absolute Gasteiger partial charge is 0.494 e. The molecule has 0 amide bonds. The lowest BCUT2D eigenvalue weighted by Gasteiger charge is -2.19. The summed E-state index contributed by atoms with van der Waals surface area (Å²) in [5.41, 5.74) is 2.49. The molecule has 0 aromatic heterocycles. The van der Waals surface area contributed by atoms with E-state index in [4.69, 9.17) is 9.47 Å². The van der Waals surface area contributed by atoms with Gasteiger partial charge < -0.3 is 19.7 Å². The Kier molecular flexibility index (Phi) is 5.88. The zero-order valence-corrected chi connectivity index (χ0v) is 13.7. The first kappa shape index (κ1) is 16.1. The van der Waals surface area contributed by atoms with E-state index in [1.807, 2.05) is 14.0 Å². The highest BCUT2D eigenvalue weighted by Crippen LogP contribution is 2.35. The Bertz CT molecular complexity index is 462. The number of rotatable bonds is 8. The molecule has 21 heavy (non-hydrogen) atoms. The van der Waals surface area contributed by atoms with Crippen molar-refractivity contribution in [1.82, 2.24) is 10.2 Å². The third-order valence-corrected chi connectivity index (χ3v) is 3.79. The van der Waals surface area contributed by atoms with Crippen molar-refractivity contribution in [2.45, 2.75) is 39.3 Å². The summed E-state index contributed by atoms with van der Waals surface area (Å²) in [5.74, 6) is 2.04. The molecule has 1 atom stereocenters. The molecule has 118 valence electrons. The van der Waals surface area contributed by atoms with Crippen LogP contribution in [0.1, 0.15) is 31.4 Å². The van der Waals surface area contributed by atoms with Gasteiger partial charge in [0.25, 0.3) is 0 Å². The molecule has 0 spiro atoms. The molecule has 0 fully saturated rings. The molecule has 4 heteroatoms. The van der Waals surface area contributed by atoms with E-state index in [0.717, 1.165) is 44.0 Å². The van der Waals surface area contributed by atoms with Crippen LogP contribution in [0.3, 0.4) is 0 Å². The molecular formula is C17H28N2O2. The Balaban J connectivity index is 2.08. The van der Waals surface area contributed by atoms with Gasteiger partial charge in [0.1, 0.15) is 17.6 Å². The van der Waals surface area contributed by atoms with E-state index < -0.39 is 0 Å². The van der Waals surface area contributed by atoms with Gasteiger partial charge in [0.2, 0.25) is 0 Å². The first-order valence-corrected chi connectivity index (χ1v) is 7.92. The third kappa shape index (κ3) is 4.35. The predicted octanol–water partition coefficient (Wildman–Crippen LogP) is 2.45. The van der Waals surface area contributed by atoms with E-state index in [0.29, 0.717) is 6.61 Å². The monoisotopic (exact) mass is 292 g/mol. The molecule has 1 unspecified atom stereocenters. The molecule has 1 aliphatic heterocycles. The maximum atomic E-state index is 5.88. The van der Waals surface area contributed by atoms with Gasteiger partial charge in [0, 0.05) is 24.1 Å². The number of benzene rings is 1. The summed E-state index contributed by atoms with van der Waals surface area (Å²) in [6, 6.07) is 4.33. The van der Waals surface area contributed by atoms with Crippen LogP contribution in [-0.4, -0.2) is 44.8 Å². The molecule has 1 aromatic carbocycles. The second-order valence-electron chi connectivity index (χ2n) is 5.83. The highest BCUT2D eigenvalue weighted by molar-refractivity contribution is 5.48. The van der Waals surface area contributed by atoms with Gasteiger partial charge in [-0.15, -0.1) is 0 Å². The average molecular weight is 292 g/mol. The van der Waals surface area contributed by atoms with Gasteiger partial charge >= 0.3 is 0 Å². The minimum Gasteiger partial charge on any atom is -0.494 e. The van der Waals surface area contributed by atoms with Crippen LogP contribution < -0.4 is 14.8 Å². The van der Waals surface area contributed by atoms with Crippen molar-refractivity contribution < 1.29 is 9.47 Å². The Labute approximate surface area is 128 Å². The second kappa shape index (κ2) is 7.66. The summed E-state index contributed by atoms with van der Waals surface area (Å²) >= 11 is 0. The molecular weight excluding hydrogens is 264 g/mol. The van der Waals surface area contributed by atoms with Crippen molar-refractivity contribution in [3.8, 4) is 11.5 Å². The zero-order valence-electron chi connectivity index (χ0n) is 13.7. The Morgan fingerprint density at radius 3 is 2.95 bits per heavy atom. The third-order valence-electron chi connectivity index (χ3n) is 3.79. The number of nitrogens with one attached hydrogen (secondary N) is 1. The van der Waals surface area contributed by atoms with Crippen LogP contribution in [0.15, 0.2) is 12.1 Å². The topological polar surface area (TPSA) is 33.7 Å². The quantitative estimate of drug-likeness (QED) is 0.746. The van der Waals surface area contributed by atoms with E-state index in [-0.39, 0.29) is 6.10 Å². The molecule has 0 saturated carbocycles. The van der Waals surface area contributed by atoms with Gasteiger partial charge in [-0.05, 0) is 59.6 Å². The van der Waals surface area contributed by atoms with Crippen LogP contribution in [0.5, 0.6) is 11.5 Å². The summed E-state index contributed by atoms with van der Waals surface area (Å²) < 4.78 is 11.7. The summed E-state index contributed by atoms with van der Waals surface area (Å²) in [6.07, 6.45) is 2.40. The molecule has 1 aromatic rings. The smallest absolute Gasteiger partial charge is 0.124 e. The first-order chi connectivity index (χ1) is 10.1. The lowest BCUT2D eigenvalue weighted by Crippen LogP contribution is -2.22. The Hall–Kier alpha value is -1.26. The van der Waals surface area contributed by atoms with Crippen LogP contribution >= 0.6 is 0 Å². The molecule has 0 bridgehead atoms. The van der Waals surface area contributed by atoms with E-state index in [9.17, 15) is 0 Å². The lowest BCUT2D eigenvalue weighted by molar-refractivity contribution is 0.253. The number of fused-ring (bicyclic) bond motifs is 1. The number of hydrogen-bond acceptors (Lipinski definition) is 4. The minimum absolute atomic E-state index is 0.276. The highest BCUT2D eigenvalue weighted by atomic mass is 16.5. The van der Waals surface area contributed by atoms with Gasteiger partial charge in [-0.3, -0.25) is 0 Å². The van der Waals surface area contributed by atoms with E-state index >= 15 is 0 Å². The van der Waals surface area contributed by atoms with Crippen LogP contribution in [0, 0.1) is 0 Å². The predicted molar refractivity (Wildman–Crippen MR) is 86.3 cm³/mol. The Morgan fingerprint density at radius 2 is 2.24 bits per heavy atom. The highest BCUT2D eigenvalue weighted by Gasteiger charge is 2.22. The number of ether oxygens (including phenoxy) is 2.